The molecule has 0 aliphatic carbocycles. The van der Waals surface area contributed by atoms with Crippen molar-refractivity contribution < 1.29 is 9.53 Å². The Morgan fingerprint density at radius 3 is 2.78 bits per heavy atom. The summed E-state index contributed by atoms with van der Waals surface area (Å²) in [7, 11) is 0. The van der Waals surface area contributed by atoms with Gasteiger partial charge in [0.15, 0.2) is 0 Å². The SMILES string of the molecule is CCCOc1ccccc1C=CC(=O)Nc1ccc(C)cc1Br. The van der Waals surface area contributed by atoms with E-state index in [0.29, 0.717) is 6.61 Å². The summed E-state index contributed by atoms with van der Waals surface area (Å²) in [5.41, 5.74) is 2.77. The summed E-state index contributed by atoms with van der Waals surface area (Å²) in [5, 5.41) is 2.86. The van der Waals surface area contributed by atoms with Crippen LogP contribution in [-0.2, 0) is 4.79 Å². The molecule has 0 aliphatic rings. The van der Waals surface area contributed by atoms with Crippen molar-refractivity contribution in [2.45, 2.75) is 20.3 Å². The molecule has 120 valence electrons. The number of rotatable bonds is 6. The molecular weight excluding hydrogens is 354 g/mol. The minimum Gasteiger partial charge on any atom is -0.493 e. The van der Waals surface area contributed by atoms with E-state index in [1.54, 1.807) is 6.08 Å². The van der Waals surface area contributed by atoms with Crippen LogP contribution in [0.25, 0.3) is 6.08 Å². The molecule has 2 rings (SSSR count). The predicted molar refractivity (Wildman–Crippen MR) is 98.8 cm³/mol. The van der Waals surface area contributed by atoms with Crippen LogP contribution in [0.15, 0.2) is 53.0 Å². The zero-order chi connectivity index (χ0) is 16.7. The number of amides is 1. The van der Waals surface area contributed by atoms with E-state index >= 15 is 0 Å². The first-order valence-corrected chi connectivity index (χ1v) is 8.36. The fourth-order valence-corrected chi connectivity index (χ4v) is 2.62. The maximum Gasteiger partial charge on any atom is 0.248 e. The molecule has 1 N–H and O–H groups in total. The Bertz CT molecular complexity index is 710. The van der Waals surface area contributed by atoms with Crippen LogP contribution in [-0.4, -0.2) is 12.5 Å². The van der Waals surface area contributed by atoms with Crippen LogP contribution in [0.2, 0.25) is 0 Å². The molecule has 0 fully saturated rings. The number of anilines is 1. The van der Waals surface area contributed by atoms with Gasteiger partial charge in [0.05, 0.1) is 12.3 Å². The largest absolute Gasteiger partial charge is 0.493 e. The lowest BCUT2D eigenvalue weighted by Crippen LogP contribution is -2.08. The summed E-state index contributed by atoms with van der Waals surface area (Å²) in [4.78, 5) is 12.1. The topological polar surface area (TPSA) is 38.3 Å². The molecule has 2 aromatic rings. The van der Waals surface area contributed by atoms with Crippen molar-refractivity contribution in [3.63, 3.8) is 0 Å². The summed E-state index contributed by atoms with van der Waals surface area (Å²) in [6.45, 7) is 4.72. The average molecular weight is 374 g/mol. The standard InChI is InChI=1S/C19H20BrNO2/c1-3-12-23-18-7-5-4-6-15(18)9-11-19(22)21-17-10-8-14(2)13-16(17)20/h4-11,13H,3,12H2,1-2H3,(H,21,22). The van der Waals surface area contributed by atoms with Gasteiger partial charge in [-0.2, -0.15) is 0 Å². The van der Waals surface area contributed by atoms with E-state index in [1.165, 1.54) is 6.08 Å². The molecule has 0 spiro atoms. The van der Waals surface area contributed by atoms with Gasteiger partial charge in [0.1, 0.15) is 5.75 Å². The van der Waals surface area contributed by atoms with E-state index in [2.05, 4.69) is 28.2 Å². The Morgan fingerprint density at radius 2 is 2.04 bits per heavy atom. The summed E-state index contributed by atoms with van der Waals surface area (Å²) in [6, 6.07) is 13.5. The van der Waals surface area contributed by atoms with E-state index in [1.807, 2.05) is 49.4 Å². The highest BCUT2D eigenvalue weighted by Gasteiger charge is 2.04. The molecule has 0 radical (unpaired) electrons. The predicted octanol–water partition coefficient (Wildman–Crippen LogP) is 5.20. The molecule has 0 heterocycles. The van der Waals surface area contributed by atoms with Gasteiger partial charge in [0, 0.05) is 16.1 Å². The van der Waals surface area contributed by atoms with Crippen molar-refractivity contribution in [1.82, 2.24) is 0 Å². The first-order valence-electron chi connectivity index (χ1n) is 7.57. The third kappa shape index (κ3) is 5.25. The lowest BCUT2D eigenvalue weighted by molar-refractivity contribution is -0.111. The molecule has 2 aromatic carbocycles. The van der Waals surface area contributed by atoms with Gasteiger partial charge in [-0.1, -0.05) is 31.2 Å². The number of benzene rings is 2. The third-order valence-electron chi connectivity index (χ3n) is 3.18. The van der Waals surface area contributed by atoms with Crippen LogP contribution < -0.4 is 10.1 Å². The molecule has 0 atom stereocenters. The van der Waals surface area contributed by atoms with Crippen LogP contribution in [0.5, 0.6) is 5.75 Å². The monoisotopic (exact) mass is 373 g/mol. The highest BCUT2D eigenvalue weighted by atomic mass is 79.9. The molecule has 4 heteroatoms. The number of hydrogen-bond donors (Lipinski definition) is 1. The smallest absolute Gasteiger partial charge is 0.248 e. The van der Waals surface area contributed by atoms with Crippen molar-refractivity contribution in [1.29, 1.82) is 0 Å². The summed E-state index contributed by atoms with van der Waals surface area (Å²) < 4.78 is 6.55. The van der Waals surface area contributed by atoms with Crippen molar-refractivity contribution in [3.8, 4) is 5.75 Å². The van der Waals surface area contributed by atoms with E-state index in [0.717, 1.165) is 33.5 Å². The van der Waals surface area contributed by atoms with Gasteiger partial charge in [-0.15, -0.1) is 0 Å². The van der Waals surface area contributed by atoms with Crippen molar-refractivity contribution in [3.05, 3.63) is 64.1 Å². The van der Waals surface area contributed by atoms with Crippen molar-refractivity contribution >= 4 is 33.6 Å². The lowest BCUT2D eigenvalue weighted by Gasteiger charge is -2.08. The minimum absolute atomic E-state index is 0.181. The van der Waals surface area contributed by atoms with E-state index in [4.69, 9.17) is 4.74 Å². The zero-order valence-corrected chi connectivity index (χ0v) is 14.9. The number of ether oxygens (including phenoxy) is 1. The highest BCUT2D eigenvalue weighted by molar-refractivity contribution is 9.10. The van der Waals surface area contributed by atoms with Crippen LogP contribution in [0.1, 0.15) is 24.5 Å². The summed E-state index contributed by atoms with van der Waals surface area (Å²) in [6.07, 6.45) is 4.23. The first-order chi connectivity index (χ1) is 11.1. The van der Waals surface area contributed by atoms with E-state index in [-0.39, 0.29) is 5.91 Å². The van der Waals surface area contributed by atoms with E-state index < -0.39 is 0 Å². The number of aryl methyl sites for hydroxylation is 1. The van der Waals surface area contributed by atoms with Gasteiger partial charge in [0.25, 0.3) is 0 Å². The normalized spacial score (nSPS) is 10.7. The van der Waals surface area contributed by atoms with Crippen LogP contribution in [0, 0.1) is 6.92 Å². The molecule has 1 amide bonds. The number of carbonyl (C=O) groups is 1. The minimum atomic E-state index is -0.181. The second-order valence-electron chi connectivity index (χ2n) is 5.19. The molecule has 0 saturated carbocycles. The number of halogens is 1. The second-order valence-corrected chi connectivity index (χ2v) is 6.05. The zero-order valence-electron chi connectivity index (χ0n) is 13.3. The lowest BCUT2D eigenvalue weighted by atomic mass is 10.2. The fourth-order valence-electron chi connectivity index (χ4n) is 2.02. The molecule has 0 aliphatic heterocycles. The summed E-state index contributed by atoms with van der Waals surface area (Å²) >= 11 is 3.45. The quantitative estimate of drug-likeness (QED) is 0.706. The van der Waals surface area contributed by atoms with Gasteiger partial charge in [-0.3, -0.25) is 4.79 Å². The van der Waals surface area contributed by atoms with Gasteiger partial charge in [0.2, 0.25) is 5.91 Å². The van der Waals surface area contributed by atoms with Crippen molar-refractivity contribution in [2.75, 3.05) is 11.9 Å². The maximum atomic E-state index is 12.1. The third-order valence-corrected chi connectivity index (χ3v) is 3.83. The number of hydrogen-bond acceptors (Lipinski definition) is 2. The Labute approximate surface area is 145 Å². The Hall–Kier alpha value is -2.07. The van der Waals surface area contributed by atoms with Crippen LogP contribution in [0.4, 0.5) is 5.69 Å². The molecule has 3 nitrogen and oxygen atoms in total. The fraction of sp³-hybridized carbons (Fsp3) is 0.211. The molecule has 0 bridgehead atoms. The van der Waals surface area contributed by atoms with Gasteiger partial charge in [-0.05, 0) is 59.1 Å². The Morgan fingerprint density at radius 1 is 1.26 bits per heavy atom. The molecule has 0 saturated heterocycles. The van der Waals surface area contributed by atoms with Crippen LogP contribution >= 0.6 is 15.9 Å². The molecule has 23 heavy (non-hydrogen) atoms. The number of nitrogens with one attached hydrogen (secondary N) is 1. The van der Waals surface area contributed by atoms with E-state index in [9.17, 15) is 4.79 Å². The molecular formula is C19H20BrNO2. The van der Waals surface area contributed by atoms with Crippen LogP contribution in [0.3, 0.4) is 0 Å². The molecule has 0 unspecified atom stereocenters. The first kappa shape index (κ1) is 17.3. The average Bonchev–Trinajstić information content (AvgIpc) is 2.54. The Kier molecular flexibility index (Phi) is 6.41. The summed E-state index contributed by atoms with van der Waals surface area (Å²) in [5.74, 6) is 0.606. The van der Waals surface area contributed by atoms with Gasteiger partial charge in [-0.25, -0.2) is 0 Å². The maximum absolute atomic E-state index is 12.1. The second kappa shape index (κ2) is 8.53. The van der Waals surface area contributed by atoms with Gasteiger partial charge < -0.3 is 10.1 Å². The highest BCUT2D eigenvalue weighted by Crippen LogP contribution is 2.24. The number of para-hydroxylation sites is 1. The molecule has 0 aromatic heterocycles. The van der Waals surface area contributed by atoms with Crippen molar-refractivity contribution in [2.24, 2.45) is 0 Å². The number of carbonyl (C=O) groups excluding carboxylic acids is 1. The Balaban J connectivity index is 2.06. The van der Waals surface area contributed by atoms with Gasteiger partial charge >= 0.3 is 0 Å².